The molecule has 1 heterocycles. The normalized spacial score (nSPS) is 23.4. The summed E-state index contributed by atoms with van der Waals surface area (Å²) in [6.07, 6.45) is 6.90. The van der Waals surface area contributed by atoms with Crippen molar-refractivity contribution in [2.45, 2.75) is 19.3 Å². The van der Waals surface area contributed by atoms with Crippen LogP contribution >= 0.6 is 0 Å². The van der Waals surface area contributed by atoms with Gasteiger partial charge in [-0.15, -0.1) is 6.42 Å². The fraction of sp³-hybridized carbons (Fsp3) is 0.500. The number of urea groups is 1. The number of hydrogen-bond acceptors (Lipinski definition) is 3. The van der Waals surface area contributed by atoms with Crippen LogP contribution in [0.15, 0.2) is 0 Å². The summed E-state index contributed by atoms with van der Waals surface area (Å²) in [7, 11) is 0. The second kappa shape index (κ2) is 3.09. The minimum absolute atomic E-state index is 0.0836. The zero-order valence-corrected chi connectivity index (χ0v) is 8.08. The van der Waals surface area contributed by atoms with E-state index in [4.69, 9.17) is 6.42 Å². The highest BCUT2D eigenvalue weighted by Gasteiger charge is 2.57. The van der Waals surface area contributed by atoms with E-state index in [1.165, 1.54) is 0 Å². The van der Waals surface area contributed by atoms with Crippen molar-refractivity contribution < 1.29 is 14.4 Å². The summed E-state index contributed by atoms with van der Waals surface area (Å²) >= 11 is 0. The Morgan fingerprint density at radius 1 is 1.40 bits per heavy atom. The lowest BCUT2D eigenvalue weighted by Gasteiger charge is -2.44. The first-order valence-electron chi connectivity index (χ1n) is 4.73. The summed E-state index contributed by atoms with van der Waals surface area (Å²) in [5.41, 5.74) is -1.01. The van der Waals surface area contributed by atoms with E-state index in [0.717, 1.165) is 11.3 Å². The molecule has 0 aromatic rings. The molecule has 0 bridgehead atoms. The lowest BCUT2D eigenvalue weighted by molar-refractivity contribution is -0.157. The maximum atomic E-state index is 11.9. The van der Waals surface area contributed by atoms with Gasteiger partial charge >= 0.3 is 6.03 Å². The smallest absolute Gasteiger partial charge is 0.277 e. The maximum Gasteiger partial charge on any atom is 0.331 e. The van der Waals surface area contributed by atoms with Crippen molar-refractivity contribution in [2.24, 2.45) is 5.41 Å². The third-order valence-corrected chi connectivity index (χ3v) is 3.01. The highest BCUT2D eigenvalue weighted by atomic mass is 16.2. The van der Waals surface area contributed by atoms with Gasteiger partial charge in [0.1, 0.15) is 5.41 Å². The van der Waals surface area contributed by atoms with Gasteiger partial charge in [-0.1, -0.05) is 12.3 Å². The molecule has 1 spiro atoms. The van der Waals surface area contributed by atoms with Crippen LogP contribution in [0.3, 0.4) is 0 Å². The predicted molar refractivity (Wildman–Crippen MR) is 50.4 cm³/mol. The van der Waals surface area contributed by atoms with Gasteiger partial charge in [0.05, 0.1) is 6.54 Å². The van der Waals surface area contributed by atoms with Crippen molar-refractivity contribution in [3.05, 3.63) is 0 Å². The van der Waals surface area contributed by atoms with Crippen LogP contribution < -0.4 is 5.32 Å². The Balaban J connectivity index is 2.30. The number of amides is 4. The lowest BCUT2D eigenvalue weighted by atomic mass is 9.66. The fourth-order valence-corrected chi connectivity index (χ4v) is 1.94. The molecule has 2 fully saturated rings. The van der Waals surface area contributed by atoms with E-state index in [-0.39, 0.29) is 6.54 Å². The minimum Gasteiger partial charge on any atom is -0.277 e. The van der Waals surface area contributed by atoms with Gasteiger partial charge in [0.15, 0.2) is 0 Å². The van der Waals surface area contributed by atoms with E-state index < -0.39 is 23.3 Å². The molecule has 5 heteroatoms. The van der Waals surface area contributed by atoms with Gasteiger partial charge in [0.25, 0.3) is 0 Å². The molecule has 5 nitrogen and oxygen atoms in total. The summed E-state index contributed by atoms with van der Waals surface area (Å²) in [6, 6.07) is -0.708. The average molecular weight is 206 g/mol. The number of barbiturate groups is 1. The molecule has 0 aromatic heterocycles. The molecule has 2 aliphatic rings. The monoisotopic (exact) mass is 206 g/mol. The topological polar surface area (TPSA) is 66.5 Å². The number of rotatable bonds is 1. The first-order chi connectivity index (χ1) is 7.12. The second-order valence-corrected chi connectivity index (χ2v) is 3.79. The van der Waals surface area contributed by atoms with Crippen LogP contribution in [0.25, 0.3) is 0 Å². The third-order valence-electron chi connectivity index (χ3n) is 3.01. The standard InChI is InChI=1S/C10H10N2O3/c1-2-6-12-8(14)10(4-3-5-10)7(13)11-9(12)15/h1H,3-6H2,(H,11,13,15). The Morgan fingerprint density at radius 2 is 2.07 bits per heavy atom. The number of hydrogen-bond donors (Lipinski definition) is 1. The highest BCUT2D eigenvalue weighted by Crippen LogP contribution is 2.44. The van der Waals surface area contributed by atoms with E-state index in [0.29, 0.717) is 12.8 Å². The Labute approximate surface area is 86.8 Å². The van der Waals surface area contributed by atoms with Crippen LogP contribution in [-0.4, -0.2) is 29.3 Å². The molecule has 1 saturated carbocycles. The second-order valence-electron chi connectivity index (χ2n) is 3.79. The van der Waals surface area contributed by atoms with Crippen LogP contribution in [0.5, 0.6) is 0 Å². The summed E-state index contributed by atoms with van der Waals surface area (Å²) in [5.74, 6) is 1.31. The van der Waals surface area contributed by atoms with Crippen molar-refractivity contribution in [1.29, 1.82) is 0 Å². The summed E-state index contributed by atoms with van der Waals surface area (Å²) in [5, 5.41) is 2.17. The summed E-state index contributed by atoms with van der Waals surface area (Å²) in [6.45, 7) is -0.0836. The van der Waals surface area contributed by atoms with Gasteiger partial charge in [-0.25, -0.2) is 4.79 Å². The molecular formula is C10H10N2O3. The van der Waals surface area contributed by atoms with Crippen molar-refractivity contribution >= 4 is 17.8 Å². The van der Waals surface area contributed by atoms with Gasteiger partial charge in [-0.05, 0) is 12.8 Å². The molecule has 0 atom stereocenters. The van der Waals surface area contributed by atoms with Crippen LogP contribution in [-0.2, 0) is 9.59 Å². The summed E-state index contributed by atoms with van der Waals surface area (Å²) < 4.78 is 0. The molecular weight excluding hydrogens is 196 g/mol. The van der Waals surface area contributed by atoms with Crippen LogP contribution in [0, 0.1) is 17.8 Å². The number of nitrogens with zero attached hydrogens (tertiary/aromatic N) is 1. The fourth-order valence-electron chi connectivity index (χ4n) is 1.94. The minimum atomic E-state index is -1.01. The van der Waals surface area contributed by atoms with Crippen LogP contribution in [0.2, 0.25) is 0 Å². The molecule has 1 aliphatic heterocycles. The van der Waals surface area contributed by atoms with E-state index in [1.807, 2.05) is 0 Å². The summed E-state index contributed by atoms with van der Waals surface area (Å²) in [4.78, 5) is 35.7. The van der Waals surface area contributed by atoms with Crippen molar-refractivity contribution in [3.63, 3.8) is 0 Å². The number of imide groups is 2. The molecule has 4 amide bonds. The average Bonchev–Trinajstić information content (AvgIpc) is 2.09. The van der Waals surface area contributed by atoms with Crippen molar-refractivity contribution in [2.75, 3.05) is 6.54 Å². The van der Waals surface area contributed by atoms with E-state index >= 15 is 0 Å². The van der Waals surface area contributed by atoms with Gasteiger partial charge in [0.2, 0.25) is 11.8 Å². The Hall–Kier alpha value is -1.83. The van der Waals surface area contributed by atoms with Gasteiger partial charge in [-0.3, -0.25) is 19.8 Å². The SMILES string of the molecule is C#CCN1C(=O)NC(=O)C2(CCC2)C1=O. The molecule has 15 heavy (non-hydrogen) atoms. The van der Waals surface area contributed by atoms with Gasteiger partial charge in [-0.2, -0.15) is 0 Å². The highest BCUT2D eigenvalue weighted by molar-refractivity contribution is 6.19. The number of nitrogens with one attached hydrogen (secondary N) is 1. The molecule has 78 valence electrons. The van der Waals surface area contributed by atoms with Crippen LogP contribution in [0.4, 0.5) is 4.79 Å². The first-order valence-corrected chi connectivity index (χ1v) is 4.73. The molecule has 0 radical (unpaired) electrons. The number of carbonyl (C=O) groups is 3. The molecule has 2 rings (SSSR count). The van der Waals surface area contributed by atoms with Crippen molar-refractivity contribution in [3.8, 4) is 12.3 Å². The predicted octanol–water partition coefficient (Wildman–Crippen LogP) is -0.132. The zero-order chi connectivity index (χ0) is 11.1. The van der Waals surface area contributed by atoms with Gasteiger partial charge < -0.3 is 0 Å². The van der Waals surface area contributed by atoms with E-state index in [9.17, 15) is 14.4 Å². The lowest BCUT2D eigenvalue weighted by Crippen LogP contribution is -2.66. The molecule has 0 unspecified atom stereocenters. The Kier molecular flexibility index (Phi) is 2.00. The van der Waals surface area contributed by atoms with Gasteiger partial charge in [0, 0.05) is 0 Å². The molecule has 0 aromatic carbocycles. The number of terminal acetylenes is 1. The number of carbonyl (C=O) groups excluding carboxylic acids is 3. The van der Waals surface area contributed by atoms with E-state index in [2.05, 4.69) is 11.2 Å². The Morgan fingerprint density at radius 3 is 2.53 bits per heavy atom. The largest absolute Gasteiger partial charge is 0.331 e. The molecule has 1 N–H and O–H groups in total. The van der Waals surface area contributed by atoms with Crippen molar-refractivity contribution in [1.82, 2.24) is 10.2 Å². The third kappa shape index (κ3) is 1.14. The Bertz CT molecular complexity index is 390. The molecule has 1 aliphatic carbocycles. The molecule has 1 saturated heterocycles. The first kappa shape index (κ1) is 9.71. The zero-order valence-electron chi connectivity index (χ0n) is 8.08. The maximum absolute atomic E-state index is 11.9. The quantitative estimate of drug-likeness (QED) is 0.480. The van der Waals surface area contributed by atoms with Crippen LogP contribution in [0.1, 0.15) is 19.3 Å². The van der Waals surface area contributed by atoms with E-state index in [1.54, 1.807) is 0 Å².